The first kappa shape index (κ1) is 21.4. The molecule has 3 rings (SSSR count). The second-order valence-electron chi connectivity index (χ2n) is 4.90. The Morgan fingerprint density at radius 2 is 1.65 bits per heavy atom. The lowest BCUT2D eigenvalue weighted by atomic mass is 10.2. The molecule has 0 saturated heterocycles. The van der Waals surface area contributed by atoms with Gasteiger partial charge in [-0.25, -0.2) is 0 Å². The Hall–Kier alpha value is -2.63. The maximum Gasteiger partial charge on any atom is 0.153 e. The molecule has 1 N–H and O–H groups in total. The van der Waals surface area contributed by atoms with E-state index in [-0.39, 0.29) is 23.7 Å². The van der Waals surface area contributed by atoms with Gasteiger partial charge in [0.25, 0.3) is 0 Å². The number of phenolic OH excluding ortho intramolecular Hbond substituents is 1. The summed E-state index contributed by atoms with van der Waals surface area (Å²) in [6.45, 7) is 0.320. The van der Waals surface area contributed by atoms with Crippen LogP contribution in [0.25, 0.3) is 0 Å². The Labute approximate surface area is 163 Å². The lowest BCUT2D eigenvalue weighted by Gasteiger charge is -2.06. The summed E-state index contributed by atoms with van der Waals surface area (Å²) in [5.41, 5.74) is 1.97. The van der Waals surface area contributed by atoms with Gasteiger partial charge in [0.05, 0.1) is 22.8 Å². The van der Waals surface area contributed by atoms with Crippen LogP contribution in [0.15, 0.2) is 67.0 Å². The molecule has 0 saturated carbocycles. The van der Waals surface area contributed by atoms with Crippen LogP contribution in [-0.2, 0) is 12.5 Å². The second kappa shape index (κ2) is 11.8. The monoisotopic (exact) mass is 392 g/mol. The summed E-state index contributed by atoms with van der Waals surface area (Å²) in [4.78, 5) is 18.6. The maximum atomic E-state index is 10.5. The number of halogens is 2. The number of aldehydes is 1. The van der Waals surface area contributed by atoms with Crippen molar-refractivity contribution in [2.24, 2.45) is 0 Å². The molecule has 0 bridgehead atoms. The highest BCUT2D eigenvalue weighted by molar-refractivity contribution is 6.16. The number of benzene rings is 1. The molecular weight excluding hydrogens is 375 g/mol. The molecule has 0 radical (unpaired) electrons. The van der Waals surface area contributed by atoms with Crippen LogP contribution in [-0.4, -0.2) is 21.4 Å². The van der Waals surface area contributed by atoms with E-state index in [1.165, 1.54) is 12.1 Å². The zero-order chi connectivity index (χ0) is 17.9. The third-order valence-corrected chi connectivity index (χ3v) is 3.38. The summed E-state index contributed by atoms with van der Waals surface area (Å²) < 4.78 is 5.43. The highest BCUT2D eigenvalue weighted by atomic mass is 35.5. The molecule has 0 fully saturated rings. The summed E-state index contributed by atoms with van der Waals surface area (Å²) in [5.74, 6) is 0.915. The number of ether oxygens (including phenoxy) is 1. The number of hydrogen-bond donors (Lipinski definition) is 1. The van der Waals surface area contributed by atoms with Gasteiger partial charge in [0, 0.05) is 18.5 Å². The van der Waals surface area contributed by atoms with E-state index in [9.17, 15) is 9.90 Å². The Morgan fingerprint density at radius 1 is 1.00 bits per heavy atom. The lowest BCUT2D eigenvalue weighted by molar-refractivity contribution is 0.112. The largest absolute Gasteiger partial charge is 0.507 e. The fourth-order valence-electron chi connectivity index (χ4n) is 1.83. The third kappa shape index (κ3) is 7.09. The van der Waals surface area contributed by atoms with Crippen molar-refractivity contribution >= 4 is 30.3 Å². The maximum absolute atomic E-state index is 10.5. The zero-order valence-corrected chi connectivity index (χ0v) is 15.4. The minimum Gasteiger partial charge on any atom is -0.507 e. The van der Waals surface area contributed by atoms with E-state index < -0.39 is 0 Å². The molecule has 0 aliphatic heterocycles. The van der Waals surface area contributed by atoms with Gasteiger partial charge in [-0.1, -0.05) is 12.1 Å². The summed E-state index contributed by atoms with van der Waals surface area (Å²) in [7, 11) is 0. The second-order valence-corrected chi connectivity index (χ2v) is 5.17. The van der Waals surface area contributed by atoms with Gasteiger partial charge in [0.1, 0.15) is 18.1 Å². The van der Waals surface area contributed by atoms with E-state index in [2.05, 4.69) is 9.97 Å². The molecular formula is C19H18Cl2N2O3. The smallest absolute Gasteiger partial charge is 0.153 e. The molecule has 7 heteroatoms. The molecule has 0 unspecified atom stereocenters. The molecule has 0 spiro atoms. The van der Waals surface area contributed by atoms with Gasteiger partial charge in [0.15, 0.2) is 6.29 Å². The molecule has 136 valence electrons. The number of aromatic nitrogens is 2. The van der Waals surface area contributed by atoms with Crippen molar-refractivity contribution in [3.05, 3.63) is 83.9 Å². The Kier molecular flexibility index (Phi) is 9.75. The van der Waals surface area contributed by atoms with Crippen LogP contribution in [0, 0.1) is 0 Å². The van der Waals surface area contributed by atoms with Crippen LogP contribution in [0.5, 0.6) is 11.5 Å². The molecule has 0 aliphatic carbocycles. The summed E-state index contributed by atoms with van der Waals surface area (Å²) in [6, 6.07) is 15.8. The highest BCUT2D eigenvalue weighted by Crippen LogP contribution is 2.22. The van der Waals surface area contributed by atoms with Crippen molar-refractivity contribution in [3.8, 4) is 11.5 Å². The number of nitrogens with zero attached hydrogens (tertiary/aromatic N) is 2. The molecule has 1 aromatic carbocycles. The molecule has 3 aromatic rings. The van der Waals surface area contributed by atoms with Crippen molar-refractivity contribution < 1.29 is 14.6 Å². The van der Waals surface area contributed by atoms with Gasteiger partial charge in [-0.2, -0.15) is 0 Å². The molecule has 0 atom stereocenters. The predicted molar refractivity (Wildman–Crippen MR) is 103 cm³/mol. The quantitative estimate of drug-likeness (QED) is 0.513. The molecule has 0 amide bonds. The van der Waals surface area contributed by atoms with Gasteiger partial charge in [-0.15, -0.1) is 24.0 Å². The normalized spacial score (nSPS) is 9.27. The van der Waals surface area contributed by atoms with Crippen molar-refractivity contribution in [1.82, 2.24) is 9.97 Å². The van der Waals surface area contributed by atoms with E-state index in [4.69, 9.17) is 16.3 Å². The van der Waals surface area contributed by atoms with Crippen molar-refractivity contribution in [2.45, 2.75) is 12.5 Å². The number of phenols is 1. The van der Waals surface area contributed by atoms with Gasteiger partial charge < -0.3 is 9.84 Å². The SMILES string of the molecule is Cl.ClCc1ccccn1.O=Cc1ccc(OCc2ccccn2)cc1O. The predicted octanol–water partition coefficient (Wildman–Crippen LogP) is 4.42. The van der Waals surface area contributed by atoms with Crippen molar-refractivity contribution in [3.63, 3.8) is 0 Å². The van der Waals surface area contributed by atoms with Crippen LogP contribution in [0.4, 0.5) is 0 Å². The number of alkyl halides is 1. The van der Waals surface area contributed by atoms with Gasteiger partial charge >= 0.3 is 0 Å². The lowest BCUT2D eigenvalue weighted by Crippen LogP contribution is -1.97. The number of pyridine rings is 2. The molecule has 2 aromatic heterocycles. The zero-order valence-electron chi connectivity index (χ0n) is 13.8. The fraction of sp³-hybridized carbons (Fsp3) is 0.105. The summed E-state index contributed by atoms with van der Waals surface area (Å²) in [6.07, 6.45) is 4.02. The molecule has 2 heterocycles. The van der Waals surface area contributed by atoms with E-state index in [1.54, 1.807) is 18.5 Å². The number of aromatic hydroxyl groups is 1. The van der Waals surface area contributed by atoms with Crippen LogP contribution in [0.1, 0.15) is 21.7 Å². The first-order chi connectivity index (χ1) is 12.2. The number of rotatable bonds is 5. The molecule has 5 nitrogen and oxygen atoms in total. The first-order valence-electron chi connectivity index (χ1n) is 7.49. The topological polar surface area (TPSA) is 72.3 Å². The summed E-state index contributed by atoms with van der Waals surface area (Å²) in [5, 5.41) is 9.46. The van der Waals surface area contributed by atoms with E-state index >= 15 is 0 Å². The van der Waals surface area contributed by atoms with E-state index in [0.717, 1.165) is 11.4 Å². The van der Waals surface area contributed by atoms with Crippen molar-refractivity contribution in [2.75, 3.05) is 0 Å². The fourth-order valence-corrected chi connectivity index (χ4v) is 1.99. The van der Waals surface area contributed by atoms with Crippen LogP contribution in [0.2, 0.25) is 0 Å². The molecule has 0 aliphatic rings. The minimum atomic E-state index is -0.0847. The number of carbonyl (C=O) groups is 1. The third-order valence-electron chi connectivity index (χ3n) is 3.10. The van der Waals surface area contributed by atoms with Crippen LogP contribution < -0.4 is 4.74 Å². The Bertz CT molecular complexity index is 787. The Morgan fingerprint density at radius 3 is 2.12 bits per heavy atom. The average Bonchev–Trinajstić information content (AvgIpc) is 2.68. The van der Waals surface area contributed by atoms with E-state index in [1.807, 2.05) is 36.4 Å². The number of carbonyl (C=O) groups excluding carboxylic acids is 1. The standard InChI is InChI=1S/C13H11NO3.C6H6ClN.ClH/c15-8-10-4-5-12(7-13(10)16)17-9-11-3-1-2-6-14-11;7-5-6-3-1-2-4-8-6;/h1-8,16H,9H2;1-4H,5H2;1H. The highest BCUT2D eigenvalue weighted by Gasteiger charge is 2.02. The minimum absolute atomic E-state index is 0. The van der Waals surface area contributed by atoms with E-state index in [0.29, 0.717) is 24.5 Å². The molecule has 26 heavy (non-hydrogen) atoms. The van der Waals surface area contributed by atoms with Gasteiger partial charge in [-0.05, 0) is 36.4 Å². The summed E-state index contributed by atoms with van der Waals surface area (Å²) >= 11 is 5.46. The average molecular weight is 393 g/mol. The number of hydrogen-bond acceptors (Lipinski definition) is 5. The van der Waals surface area contributed by atoms with Crippen LogP contribution in [0.3, 0.4) is 0 Å². The van der Waals surface area contributed by atoms with Gasteiger partial charge in [0.2, 0.25) is 0 Å². The van der Waals surface area contributed by atoms with Crippen LogP contribution >= 0.6 is 24.0 Å². The Balaban J connectivity index is 0.000000318. The first-order valence-corrected chi connectivity index (χ1v) is 8.03. The van der Waals surface area contributed by atoms with Crippen molar-refractivity contribution in [1.29, 1.82) is 0 Å². The van der Waals surface area contributed by atoms with Gasteiger partial charge in [-0.3, -0.25) is 14.8 Å².